The molecular weight excluding hydrogens is 381 g/mol. The van der Waals surface area contributed by atoms with Crippen molar-refractivity contribution >= 4 is 34.4 Å². The van der Waals surface area contributed by atoms with Crippen molar-refractivity contribution in [2.45, 2.75) is 6.61 Å². The van der Waals surface area contributed by atoms with Gasteiger partial charge in [-0.3, -0.25) is 10.1 Å². The third-order valence-electron chi connectivity index (χ3n) is 2.38. The van der Waals surface area contributed by atoms with Crippen LogP contribution < -0.4 is 4.74 Å². The van der Waals surface area contributed by atoms with Crippen molar-refractivity contribution in [1.82, 2.24) is 0 Å². The number of hydrogen-bond acceptors (Lipinski definition) is 5. The topological polar surface area (TPSA) is 103 Å². The molecule has 0 bridgehead atoms. The predicted molar refractivity (Wildman–Crippen MR) is 75.8 cm³/mol. The van der Waals surface area contributed by atoms with E-state index < -0.39 is 10.9 Å². The Labute approximate surface area is 126 Å². The standard InChI is InChI=1S/C12H8INO6/c13-9-3-1-7(12(15)16)5-10(9)19-6-8-2-4-11(20-8)14(17)18/h1-5H,6H2,(H,15,16). The van der Waals surface area contributed by atoms with Crippen molar-refractivity contribution in [2.75, 3.05) is 0 Å². The van der Waals surface area contributed by atoms with Crippen molar-refractivity contribution in [3.05, 3.63) is 55.3 Å². The Kier molecular flexibility index (Phi) is 4.23. The molecule has 0 atom stereocenters. The molecular formula is C12H8INO6. The zero-order chi connectivity index (χ0) is 14.7. The first-order chi connectivity index (χ1) is 9.47. The number of furan rings is 1. The van der Waals surface area contributed by atoms with Gasteiger partial charge >= 0.3 is 11.9 Å². The first-order valence-electron chi connectivity index (χ1n) is 5.36. The fraction of sp³-hybridized carbons (Fsp3) is 0.0833. The van der Waals surface area contributed by atoms with Crippen LogP contribution in [0.4, 0.5) is 5.88 Å². The van der Waals surface area contributed by atoms with Gasteiger partial charge in [0.15, 0.2) is 0 Å². The van der Waals surface area contributed by atoms with Crippen LogP contribution in [0.1, 0.15) is 16.1 Å². The Morgan fingerprint density at radius 1 is 1.40 bits per heavy atom. The van der Waals surface area contributed by atoms with Crippen LogP contribution in [0.25, 0.3) is 0 Å². The highest BCUT2D eigenvalue weighted by Gasteiger charge is 2.13. The predicted octanol–water partition coefficient (Wildman–Crippen LogP) is 3.07. The summed E-state index contributed by atoms with van der Waals surface area (Å²) >= 11 is 2.00. The van der Waals surface area contributed by atoms with Gasteiger partial charge in [-0.25, -0.2) is 4.79 Å². The Balaban J connectivity index is 2.11. The highest BCUT2D eigenvalue weighted by molar-refractivity contribution is 14.1. The fourth-order valence-corrected chi connectivity index (χ4v) is 1.93. The van der Waals surface area contributed by atoms with E-state index in [1.54, 1.807) is 6.07 Å². The van der Waals surface area contributed by atoms with E-state index in [-0.39, 0.29) is 23.8 Å². The Bertz CT molecular complexity index is 666. The second kappa shape index (κ2) is 5.90. The first kappa shape index (κ1) is 14.3. The van der Waals surface area contributed by atoms with Gasteiger partial charge < -0.3 is 14.3 Å². The normalized spacial score (nSPS) is 10.2. The molecule has 8 heteroatoms. The van der Waals surface area contributed by atoms with Crippen LogP contribution >= 0.6 is 22.6 Å². The number of halogens is 1. The molecule has 1 aromatic heterocycles. The van der Waals surface area contributed by atoms with Crippen LogP contribution in [0.5, 0.6) is 5.75 Å². The summed E-state index contributed by atoms with van der Waals surface area (Å²) in [5.74, 6) is -0.754. The van der Waals surface area contributed by atoms with Crippen LogP contribution in [0.2, 0.25) is 0 Å². The van der Waals surface area contributed by atoms with Gasteiger partial charge in [-0.1, -0.05) is 0 Å². The van der Waals surface area contributed by atoms with Crippen LogP contribution in [0.15, 0.2) is 34.7 Å². The van der Waals surface area contributed by atoms with Gasteiger partial charge in [0.05, 0.1) is 15.2 Å². The SMILES string of the molecule is O=C(O)c1ccc(I)c(OCc2ccc([N+](=O)[O-])o2)c1. The van der Waals surface area contributed by atoms with E-state index in [0.29, 0.717) is 5.75 Å². The second-order valence-corrected chi connectivity index (χ2v) is 4.90. The Hall–Kier alpha value is -2.10. The van der Waals surface area contributed by atoms with Gasteiger partial charge in [-0.15, -0.1) is 0 Å². The van der Waals surface area contributed by atoms with Crippen molar-refractivity contribution in [3.8, 4) is 5.75 Å². The van der Waals surface area contributed by atoms with Crippen molar-refractivity contribution < 1.29 is 24.0 Å². The van der Waals surface area contributed by atoms with Gasteiger partial charge in [-0.05, 0) is 46.9 Å². The summed E-state index contributed by atoms with van der Waals surface area (Å²) in [4.78, 5) is 20.7. The number of carbonyl (C=O) groups is 1. The summed E-state index contributed by atoms with van der Waals surface area (Å²) < 4.78 is 11.1. The van der Waals surface area contributed by atoms with E-state index in [1.165, 1.54) is 24.3 Å². The van der Waals surface area contributed by atoms with E-state index in [0.717, 1.165) is 3.57 Å². The number of hydrogen-bond donors (Lipinski definition) is 1. The van der Waals surface area contributed by atoms with E-state index in [2.05, 4.69) is 0 Å². The Morgan fingerprint density at radius 2 is 2.15 bits per heavy atom. The number of benzene rings is 1. The number of nitrogens with zero attached hydrogens (tertiary/aromatic N) is 1. The molecule has 1 N–H and O–H groups in total. The summed E-state index contributed by atoms with van der Waals surface area (Å²) in [7, 11) is 0. The molecule has 0 fully saturated rings. The molecule has 1 aromatic carbocycles. The summed E-state index contributed by atoms with van der Waals surface area (Å²) in [6.45, 7) is -0.0209. The van der Waals surface area contributed by atoms with Crippen molar-refractivity contribution in [3.63, 3.8) is 0 Å². The lowest BCUT2D eigenvalue weighted by Crippen LogP contribution is -2.00. The maximum Gasteiger partial charge on any atom is 0.433 e. The average molecular weight is 389 g/mol. The lowest BCUT2D eigenvalue weighted by atomic mass is 10.2. The van der Waals surface area contributed by atoms with Gasteiger partial charge in [0, 0.05) is 0 Å². The molecule has 7 nitrogen and oxygen atoms in total. The smallest absolute Gasteiger partial charge is 0.433 e. The monoisotopic (exact) mass is 389 g/mol. The van der Waals surface area contributed by atoms with Crippen LogP contribution in [-0.4, -0.2) is 16.0 Å². The van der Waals surface area contributed by atoms with E-state index in [4.69, 9.17) is 14.3 Å². The number of ether oxygens (including phenoxy) is 1. The molecule has 20 heavy (non-hydrogen) atoms. The molecule has 0 amide bonds. The third-order valence-corrected chi connectivity index (χ3v) is 3.27. The number of carboxylic acids is 1. The third kappa shape index (κ3) is 3.26. The minimum atomic E-state index is -1.06. The maximum atomic E-state index is 10.9. The molecule has 0 unspecified atom stereocenters. The van der Waals surface area contributed by atoms with Gasteiger partial charge in [0.25, 0.3) is 0 Å². The molecule has 1 heterocycles. The van der Waals surface area contributed by atoms with Gasteiger partial charge in [0.2, 0.25) is 0 Å². The second-order valence-electron chi connectivity index (χ2n) is 3.74. The zero-order valence-corrected chi connectivity index (χ0v) is 12.1. The summed E-state index contributed by atoms with van der Waals surface area (Å²) in [6, 6.07) is 7.14. The van der Waals surface area contributed by atoms with E-state index in [1.807, 2.05) is 22.6 Å². The first-order valence-corrected chi connectivity index (χ1v) is 6.44. The molecule has 0 aliphatic rings. The largest absolute Gasteiger partial charge is 0.485 e. The van der Waals surface area contributed by atoms with E-state index in [9.17, 15) is 14.9 Å². The van der Waals surface area contributed by atoms with Gasteiger partial charge in [-0.2, -0.15) is 0 Å². The average Bonchev–Trinajstić information content (AvgIpc) is 2.86. The molecule has 0 saturated carbocycles. The molecule has 2 rings (SSSR count). The molecule has 0 aliphatic heterocycles. The van der Waals surface area contributed by atoms with Crippen molar-refractivity contribution in [1.29, 1.82) is 0 Å². The molecule has 104 valence electrons. The molecule has 0 aliphatic carbocycles. The van der Waals surface area contributed by atoms with Crippen LogP contribution in [0, 0.1) is 13.7 Å². The Morgan fingerprint density at radius 3 is 2.75 bits per heavy atom. The minimum absolute atomic E-state index is 0.0209. The van der Waals surface area contributed by atoms with Crippen LogP contribution in [-0.2, 0) is 6.61 Å². The highest BCUT2D eigenvalue weighted by Crippen LogP contribution is 2.24. The highest BCUT2D eigenvalue weighted by atomic mass is 127. The number of nitro groups is 1. The van der Waals surface area contributed by atoms with E-state index >= 15 is 0 Å². The molecule has 0 saturated heterocycles. The number of carboxylic acid groups (broad SMARTS) is 1. The summed E-state index contributed by atoms with van der Waals surface area (Å²) in [5, 5.41) is 19.4. The summed E-state index contributed by atoms with van der Waals surface area (Å²) in [5.41, 5.74) is 0.103. The van der Waals surface area contributed by atoms with Gasteiger partial charge in [0.1, 0.15) is 23.0 Å². The number of rotatable bonds is 5. The molecule has 2 aromatic rings. The van der Waals surface area contributed by atoms with Crippen LogP contribution in [0.3, 0.4) is 0 Å². The maximum absolute atomic E-state index is 10.9. The van der Waals surface area contributed by atoms with Crippen molar-refractivity contribution in [2.24, 2.45) is 0 Å². The molecule has 0 radical (unpaired) electrons. The zero-order valence-electron chi connectivity index (χ0n) is 9.91. The fourth-order valence-electron chi connectivity index (χ4n) is 1.44. The lowest BCUT2D eigenvalue weighted by Gasteiger charge is -2.07. The lowest BCUT2D eigenvalue weighted by molar-refractivity contribution is -0.402. The minimum Gasteiger partial charge on any atom is -0.485 e. The number of aromatic carboxylic acids is 1. The summed E-state index contributed by atoms with van der Waals surface area (Å²) in [6.07, 6.45) is 0. The molecule has 0 spiro atoms. The quantitative estimate of drug-likeness (QED) is 0.479.